The number of aliphatic hydroxyl groups excluding tert-OH is 1. The first-order valence-electron chi connectivity index (χ1n) is 9.75. The molecule has 1 aliphatic rings. The van der Waals surface area contributed by atoms with Crippen LogP contribution in [0.5, 0.6) is 11.5 Å². The maximum Gasteiger partial charge on any atom is 0.123 e. The largest absolute Gasteiger partial charge is 0.508 e. The van der Waals surface area contributed by atoms with Gasteiger partial charge >= 0.3 is 0 Å². The molecule has 2 aromatic carbocycles. The van der Waals surface area contributed by atoms with Crippen LogP contribution in [0, 0.1) is 0 Å². The minimum atomic E-state index is 0.196. The van der Waals surface area contributed by atoms with E-state index in [1.165, 1.54) is 11.1 Å². The van der Waals surface area contributed by atoms with E-state index in [9.17, 15) is 10.2 Å². The molecule has 0 spiro atoms. The summed E-state index contributed by atoms with van der Waals surface area (Å²) in [5, 5.41) is 19.0. The molecule has 0 aliphatic carbocycles. The normalized spacial score (nSPS) is 18.5. The van der Waals surface area contributed by atoms with Gasteiger partial charge in [-0.2, -0.15) is 0 Å². The number of benzene rings is 2. The van der Waals surface area contributed by atoms with Gasteiger partial charge in [-0.3, -0.25) is 9.80 Å². The van der Waals surface area contributed by atoms with Crippen molar-refractivity contribution in [1.29, 1.82) is 0 Å². The first-order chi connectivity index (χ1) is 13.2. The Morgan fingerprint density at radius 3 is 2.56 bits per heavy atom. The van der Waals surface area contributed by atoms with Crippen molar-refractivity contribution in [1.82, 2.24) is 9.80 Å². The average Bonchev–Trinajstić information content (AvgIpc) is 2.67. The number of aliphatic hydroxyl groups is 1. The van der Waals surface area contributed by atoms with E-state index in [-0.39, 0.29) is 6.61 Å². The molecule has 2 N–H and O–H groups in total. The number of rotatable bonds is 8. The Bertz CT molecular complexity index is 705. The van der Waals surface area contributed by atoms with Crippen LogP contribution in [-0.2, 0) is 13.1 Å². The summed E-state index contributed by atoms with van der Waals surface area (Å²) >= 11 is 0. The van der Waals surface area contributed by atoms with E-state index < -0.39 is 0 Å². The third-order valence-corrected chi connectivity index (χ3v) is 5.14. The molecule has 1 saturated heterocycles. The fourth-order valence-electron chi connectivity index (χ4n) is 3.74. The van der Waals surface area contributed by atoms with Crippen LogP contribution in [0.25, 0.3) is 0 Å². The highest BCUT2D eigenvalue weighted by atomic mass is 16.5. The van der Waals surface area contributed by atoms with E-state index in [0.717, 1.165) is 44.9 Å². The summed E-state index contributed by atoms with van der Waals surface area (Å²) in [6, 6.07) is 16.0. The first kappa shape index (κ1) is 19.7. The van der Waals surface area contributed by atoms with E-state index >= 15 is 0 Å². The van der Waals surface area contributed by atoms with Crippen LogP contribution < -0.4 is 4.74 Å². The Hall–Kier alpha value is -2.08. The van der Waals surface area contributed by atoms with E-state index in [2.05, 4.69) is 21.9 Å². The summed E-state index contributed by atoms with van der Waals surface area (Å²) in [6.07, 6.45) is 0.767. The maximum atomic E-state index is 9.55. The second kappa shape index (κ2) is 9.74. The molecule has 1 heterocycles. The van der Waals surface area contributed by atoms with Gasteiger partial charge < -0.3 is 14.9 Å². The van der Waals surface area contributed by atoms with Gasteiger partial charge in [-0.25, -0.2) is 0 Å². The highest BCUT2D eigenvalue weighted by Gasteiger charge is 2.27. The molecular formula is C22H30N2O3. The maximum absolute atomic E-state index is 9.55. The number of hydrogen-bond donors (Lipinski definition) is 2. The lowest BCUT2D eigenvalue weighted by atomic mass is 10.1. The molecule has 0 radical (unpaired) electrons. The summed E-state index contributed by atoms with van der Waals surface area (Å²) < 4.78 is 5.78. The van der Waals surface area contributed by atoms with Gasteiger partial charge in [0.1, 0.15) is 11.5 Å². The number of aromatic hydroxyl groups is 1. The summed E-state index contributed by atoms with van der Waals surface area (Å²) in [4.78, 5) is 4.89. The van der Waals surface area contributed by atoms with Crippen LogP contribution in [-0.4, -0.2) is 58.9 Å². The van der Waals surface area contributed by atoms with Gasteiger partial charge in [0, 0.05) is 50.9 Å². The van der Waals surface area contributed by atoms with Crippen molar-refractivity contribution in [3.05, 3.63) is 59.7 Å². The van der Waals surface area contributed by atoms with Crippen molar-refractivity contribution in [2.45, 2.75) is 32.5 Å². The average molecular weight is 370 g/mol. The van der Waals surface area contributed by atoms with E-state index in [1.54, 1.807) is 12.1 Å². The van der Waals surface area contributed by atoms with Gasteiger partial charge in [0.15, 0.2) is 0 Å². The Kier molecular flexibility index (Phi) is 7.10. The second-order valence-corrected chi connectivity index (χ2v) is 7.08. The fourth-order valence-corrected chi connectivity index (χ4v) is 3.74. The van der Waals surface area contributed by atoms with Crippen LogP contribution >= 0.6 is 0 Å². The molecule has 3 rings (SSSR count). The van der Waals surface area contributed by atoms with Crippen molar-refractivity contribution in [3.8, 4) is 11.5 Å². The number of hydrogen-bond acceptors (Lipinski definition) is 5. The molecule has 0 saturated carbocycles. The number of para-hydroxylation sites is 1. The van der Waals surface area contributed by atoms with Crippen LogP contribution in [0.15, 0.2) is 48.5 Å². The monoisotopic (exact) mass is 370 g/mol. The number of ether oxygens (including phenoxy) is 1. The summed E-state index contributed by atoms with van der Waals surface area (Å²) in [5.74, 6) is 1.25. The van der Waals surface area contributed by atoms with Crippen LogP contribution in [0.2, 0.25) is 0 Å². The SMILES string of the molecule is CCOc1ccccc1CN1CCN(Cc2ccc(O)cc2)C[C@H]1CCO. The van der Waals surface area contributed by atoms with E-state index in [0.29, 0.717) is 18.4 Å². The molecule has 1 atom stereocenters. The predicted molar refractivity (Wildman–Crippen MR) is 107 cm³/mol. The number of phenolic OH excluding ortho intramolecular Hbond substituents is 1. The lowest BCUT2D eigenvalue weighted by Gasteiger charge is -2.41. The lowest BCUT2D eigenvalue weighted by Crippen LogP contribution is -2.52. The fraction of sp³-hybridized carbons (Fsp3) is 0.455. The molecule has 0 unspecified atom stereocenters. The molecule has 27 heavy (non-hydrogen) atoms. The topological polar surface area (TPSA) is 56.2 Å². The third kappa shape index (κ3) is 5.45. The molecule has 1 fully saturated rings. The molecule has 0 bridgehead atoms. The minimum Gasteiger partial charge on any atom is -0.508 e. The predicted octanol–water partition coefficient (Wildman–Crippen LogP) is 2.86. The summed E-state index contributed by atoms with van der Waals surface area (Å²) in [7, 11) is 0. The summed E-state index contributed by atoms with van der Waals surface area (Å²) in [5.41, 5.74) is 2.40. The van der Waals surface area contributed by atoms with Gasteiger partial charge in [0.05, 0.1) is 6.61 Å². The first-order valence-corrected chi connectivity index (χ1v) is 9.75. The molecule has 146 valence electrons. The zero-order valence-corrected chi connectivity index (χ0v) is 16.1. The van der Waals surface area contributed by atoms with Crippen molar-refractivity contribution < 1.29 is 14.9 Å². The molecule has 0 amide bonds. The van der Waals surface area contributed by atoms with Crippen molar-refractivity contribution in [3.63, 3.8) is 0 Å². The van der Waals surface area contributed by atoms with Crippen molar-refractivity contribution >= 4 is 0 Å². The molecule has 5 nitrogen and oxygen atoms in total. The van der Waals surface area contributed by atoms with Crippen LogP contribution in [0.1, 0.15) is 24.5 Å². The third-order valence-electron chi connectivity index (χ3n) is 5.14. The lowest BCUT2D eigenvalue weighted by molar-refractivity contribution is 0.0494. The zero-order chi connectivity index (χ0) is 19.1. The number of nitrogens with zero attached hydrogens (tertiary/aromatic N) is 2. The van der Waals surface area contributed by atoms with Crippen LogP contribution in [0.3, 0.4) is 0 Å². The van der Waals surface area contributed by atoms with Gasteiger partial charge in [0.25, 0.3) is 0 Å². The Morgan fingerprint density at radius 2 is 1.81 bits per heavy atom. The molecule has 5 heteroatoms. The van der Waals surface area contributed by atoms with E-state index in [1.807, 2.05) is 31.2 Å². The van der Waals surface area contributed by atoms with Crippen molar-refractivity contribution in [2.75, 3.05) is 32.8 Å². The summed E-state index contributed by atoms with van der Waals surface area (Å²) in [6.45, 7) is 7.45. The smallest absolute Gasteiger partial charge is 0.123 e. The van der Waals surface area contributed by atoms with Gasteiger partial charge in [-0.05, 0) is 37.1 Å². The minimum absolute atomic E-state index is 0.196. The molecule has 1 aliphatic heterocycles. The van der Waals surface area contributed by atoms with Crippen molar-refractivity contribution in [2.24, 2.45) is 0 Å². The van der Waals surface area contributed by atoms with Gasteiger partial charge in [-0.15, -0.1) is 0 Å². The second-order valence-electron chi connectivity index (χ2n) is 7.08. The zero-order valence-electron chi connectivity index (χ0n) is 16.1. The molecule has 0 aromatic heterocycles. The standard InChI is InChI=1S/C22H30N2O3/c1-2-27-22-6-4-3-5-19(22)16-24-13-12-23(17-20(24)11-14-25)15-18-7-9-21(26)10-8-18/h3-10,20,25-26H,2,11-17H2,1H3/t20-/m1/s1. The quantitative estimate of drug-likeness (QED) is 0.748. The Balaban J connectivity index is 1.65. The molecule has 2 aromatic rings. The number of piperazine rings is 1. The van der Waals surface area contributed by atoms with E-state index in [4.69, 9.17) is 4.74 Å². The van der Waals surface area contributed by atoms with Gasteiger partial charge in [-0.1, -0.05) is 30.3 Å². The van der Waals surface area contributed by atoms with Gasteiger partial charge in [0.2, 0.25) is 0 Å². The number of phenols is 1. The highest BCUT2D eigenvalue weighted by Crippen LogP contribution is 2.24. The Morgan fingerprint density at radius 1 is 1.04 bits per heavy atom. The Labute approximate surface area is 161 Å². The highest BCUT2D eigenvalue weighted by molar-refractivity contribution is 5.33. The molecular weight excluding hydrogens is 340 g/mol. The van der Waals surface area contributed by atoms with Crippen LogP contribution in [0.4, 0.5) is 0 Å².